The van der Waals surface area contributed by atoms with E-state index in [2.05, 4.69) is 26.0 Å². The normalized spacial score (nSPS) is 12.0. The first-order chi connectivity index (χ1) is 24.4. The molecule has 0 aromatic heterocycles. The molecule has 3 aromatic carbocycles. The predicted molar refractivity (Wildman–Crippen MR) is 173 cm³/mol. The molecule has 0 aliphatic rings. The fourth-order valence-electron chi connectivity index (χ4n) is 4.13. The van der Waals surface area contributed by atoms with E-state index in [1.807, 2.05) is 5.32 Å². The van der Waals surface area contributed by atoms with Crippen molar-refractivity contribution < 1.29 is 56.1 Å². The molecule has 0 aliphatic heterocycles. The van der Waals surface area contributed by atoms with Crippen LogP contribution in [0.1, 0.15) is 16.7 Å². The van der Waals surface area contributed by atoms with Crippen molar-refractivity contribution in [3.05, 3.63) is 108 Å². The Kier molecular flexibility index (Phi) is 15.9. The number of nitrogens with one attached hydrogen (secondary N) is 5. The third kappa shape index (κ3) is 15.4. The second kappa shape index (κ2) is 20.5. The minimum Gasteiger partial charge on any atom is -0.459 e. The third-order valence-electron chi connectivity index (χ3n) is 6.66. The number of ether oxygens (including phenoxy) is 3. The van der Waals surface area contributed by atoms with Crippen LogP contribution in [0.25, 0.3) is 0 Å². The van der Waals surface area contributed by atoms with Gasteiger partial charge in [0.15, 0.2) is 0 Å². The van der Waals surface area contributed by atoms with Gasteiger partial charge >= 0.3 is 18.2 Å². The summed E-state index contributed by atoms with van der Waals surface area (Å²) < 4.78 is 54.5. The first-order valence-electron chi connectivity index (χ1n) is 15.4. The first kappa shape index (κ1) is 39.5. The van der Waals surface area contributed by atoms with Crippen molar-refractivity contribution in [1.82, 2.24) is 26.6 Å². The van der Waals surface area contributed by atoms with Gasteiger partial charge in [-0.15, -0.1) is 0 Å². The number of carbonyl (C=O) groups excluding carboxylic acids is 6. The number of esters is 1. The zero-order valence-electron chi connectivity index (χ0n) is 27.1. The molecule has 0 saturated carbocycles. The van der Waals surface area contributed by atoms with Crippen molar-refractivity contribution >= 4 is 35.7 Å². The number of alkyl carbamates (subject to hydrolysis) is 1. The van der Waals surface area contributed by atoms with Gasteiger partial charge in [0.1, 0.15) is 32.5 Å². The quantitative estimate of drug-likeness (QED) is 0.0963. The Morgan fingerprint density at radius 2 is 1.08 bits per heavy atom. The molecule has 0 aliphatic carbocycles. The van der Waals surface area contributed by atoms with E-state index in [0.717, 1.165) is 5.56 Å². The van der Waals surface area contributed by atoms with E-state index in [1.165, 1.54) is 0 Å². The molecule has 1 unspecified atom stereocenters. The molecule has 0 heterocycles. The van der Waals surface area contributed by atoms with Gasteiger partial charge in [-0.1, -0.05) is 91.0 Å². The van der Waals surface area contributed by atoms with Gasteiger partial charge in [0.25, 0.3) is 6.10 Å². The molecular weight excluding hydrogens is 679 g/mol. The fraction of sp³-hybridized carbons (Fsp3) is 0.294. The monoisotopic (exact) mass is 715 g/mol. The van der Waals surface area contributed by atoms with Gasteiger partial charge in [-0.2, -0.15) is 13.2 Å². The van der Waals surface area contributed by atoms with Crippen molar-refractivity contribution in [3.63, 3.8) is 0 Å². The molecule has 14 nitrogen and oxygen atoms in total. The lowest BCUT2D eigenvalue weighted by Crippen LogP contribution is -2.52. The lowest BCUT2D eigenvalue weighted by molar-refractivity contribution is -0.232. The summed E-state index contributed by atoms with van der Waals surface area (Å²) in [5.74, 6) is -4.99. The molecular formula is C34H36F3N5O9. The number of hydrogen-bond donors (Lipinski definition) is 5. The average Bonchev–Trinajstić information content (AvgIpc) is 3.12. The number of benzene rings is 3. The highest BCUT2D eigenvalue weighted by molar-refractivity contribution is 5.92. The lowest BCUT2D eigenvalue weighted by Gasteiger charge is -2.20. The summed E-state index contributed by atoms with van der Waals surface area (Å²) >= 11 is 0. The van der Waals surface area contributed by atoms with E-state index in [-0.39, 0.29) is 13.0 Å². The minimum atomic E-state index is -5.14. The van der Waals surface area contributed by atoms with Crippen LogP contribution in [-0.4, -0.2) is 80.4 Å². The summed E-state index contributed by atoms with van der Waals surface area (Å²) in [6.45, 7) is -3.26. The van der Waals surface area contributed by atoms with Gasteiger partial charge < -0.3 is 40.8 Å². The highest BCUT2D eigenvalue weighted by atomic mass is 19.4. The molecule has 0 fully saturated rings. The van der Waals surface area contributed by atoms with Crippen molar-refractivity contribution in [2.45, 2.75) is 38.0 Å². The maximum atomic E-state index is 13.4. The molecule has 0 bridgehead atoms. The summed E-state index contributed by atoms with van der Waals surface area (Å²) in [5.41, 5.74) is 1.83. The largest absolute Gasteiger partial charge is 0.459 e. The molecule has 5 N–H and O–H groups in total. The Morgan fingerprint density at radius 3 is 1.65 bits per heavy atom. The van der Waals surface area contributed by atoms with Crippen LogP contribution < -0.4 is 26.6 Å². The smallest absolute Gasteiger partial charge is 0.425 e. The third-order valence-corrected chi connectivity index (χ3v) is 6.66. The molecule has 3 rings (SSSR count). The van der Waals surface area contributed by atoms with Crippen molar-refractivity contribution in [2.75, 3.05) is 26.4 Å². The maximum Gasteiger partial charge on any atom is 0.425 e. The summed E-state index contributed by atoms with van der Waals surface area (Å²) in [6.07, 6.45) is -8.99. The fourth-order valence-corrected chi connectivity index (χ4v) is 4.13. The highest BCUT2D eigenvalue weighted by Gasteiger charge is 2.47. The summed E-state index contributed by atoms with van der Waals surface area (Å²) in [5, 5.41) is 11.3. The predicted octanol–water partition coefficient (Wildman–Crippen LogP) is 1.64. The second-order valence-electron chi connectivity index (χ2n) is 10.6. The number of hydrogen-bond acceptors (Lipinski definition) is 9. The van der Waals surface area contributed by atoms with Crippen molar-refractivity contribution in [1.29, 1.82) is 0 Å². The zero-order valence-corrected chi connectivity index (χ0v) is 27.1. The number of carbonyl (C=O) groups is 6. The molecule has 5 amide bonds. The van der Waals surface area contributed by atoms with E-state index in [1.54, 1.807) is 91.0 Å². The number of halogens is 3. The molecule has 17 heteroatoms. The SMILES string of the molecule is O=C(CNC(=O)OCc1ccccc1)NCC(=O)N[C@@H](Cc1ccccc1)C(=O)NCC(=O)NCOC(C(=O)OCc1ccccc1)C(F)(F)F. The second-order valence-corrected chi connectivity index (χ2v) is 10.6. The summed E-state index contributed by atoms with van der Waals surface area (Å²) in [6, 6.07) is 24.1. The molecule has 0 saturated heterocycles. The van der Waals surface area contributed by atoms with Crippen LogP contribution in [0.4, 0.5) is 18.0 Å². The van der Waals surface area contributed by atoms with E-state index < -0.39 is 87.0 Å². The highest BCUT2D eigenvalue weighted by Crippen LogP contribution is 2.24. The van der Waals surface area contributed by atoms with Crippen LogP contribution in [0.3, 0.4) is 0 Å². The van der Waals surface area contributed by atoms with Gasteiger partial charge in [-0.3, -0.25) is 19.2 Å². The van der Waals surface area contributed by atoms with Gasteiger partial charge in [0.05, 0.1) is 13.1 Å². The van der Waals surface area contributed by atoms with E-state index in [9.17, 15) is 41.9 Å². The molecule has 3 aromatic rings. The van der Waals surface area contributed by atoms with Gasteiger partial charge in [-0.05, 0) is 16.7 Å². The maximum absolute atomic E-state index is 13.4. The first-order valence-corrected chi connectivity index (χ1v) is 15.4. The Morgan fingerprint density at radius 1 is 0.588 bits per heavy atom. The Balaban J connectivity index is 1.43. The van der Waals surface area contributed by atoms with Crippen LogP contribution in [-0.2, 0) is 57.8 Å². The summed E-state index contributed by atoms with van der Waals surface area (Å²) in [4.78, 5) is 73.9. The number of amides is 5. The molecule has 51 heavy (non-hydrogen) atoms. The molecule has 2 atom stereocenters. The summed E-state index contributed by atoms with van der Waals surface area (Å²) in [7, 11) is 0. The lowest BCUT2D eigenvalue weighted by atomic mass is 10.1. The van der Waals surface area contributed by atoms with Crippen LogP contribution in [0.2, 0.25) is 0 Å². The van der Waals surface area contributed by atoms with Gasteiger partial charge in [0, 0.05) is 6.42 Å². The van der Waals surface area contributed by atoms with Crippen LogP contribution in [0, 0.1) is 0 Å². The van der Waals surface area contributed by atoms with E-state index in [4.69, 9.17) is 9.47 Å². The molecule has 0 spiro atoms. The van der Waals surface area contributed by atoms with Gasteiger partial charge in [0.2, 0.25) is 23.6 Å². The van der Waals surface area contributed by atoms with Crippen LogP contribution in [0.5, 0.6) is 0 Å². The number of alkyl halides is 3. The minimum absolute atomic E-state index is 0.0124. The van der Waals surface area contributed by atoms with E-state index >= 15 is 0 Å². The topological polar surface area (TPSA) is 190 Å². The average molecular weight is 716 g/mol. The van der Waals surface area contributed by atoms with Gasteiger partial charge in [-0.25, -0.2) is 9.59 Å². The van der Waals surface area contributed by atoms with Crippen LogP contribution in [0.15, 0.2) is 91.0 Å². The zero-order chi connectivity index (χ0) is 37.1. The van der Waals surface area contributed by atoms with Crippen LogP contribution >= 0.6 is 0 Å². The Hall–Kier alpha value is -5.97. The van der Waals surface area contributed by atoms with E-state index in [0.29, 0.717) is 11.1 Å². The standard InChI is InChI=1S/C34H36F3N5O9/c35-34(36,37)30(32(47)49-20-24-12-6-2-7-13-24)51-22-41-28(44)17-39-31(46)26(16-23-10-4-1-5-11-23)42-29(45)19-38-27(43)18-40-33(48)50-21-25-14-8-3-9-15-25/h1-15,26,30H,16-22H2,(H,38,43)(H,39,46)(H,40,48)(H,41,44)(H,42,45)/t26-,30?/m0/s1. The molecule has 272 valence electrons. The Labute approximate surface area is 290 Å². The van der Waals surface area contributed by atoms with Crippen molar-refractivity contribution in [2.24, 2.45) is 0 Å². The molecule has 0 radical (unpaired) electrons. The Bertz CT molecular complexity index is 1600. The number of rotatable bonds is 18. The van der Waals surface area contributed by atoms with Crippen molar-refractivity contribution in [3.8, 4) is 0 Å².